The van der Waals surface area contributed by atoms with Crippen molar-refractivity contribution in [2.45, 2.75) is 26.3 Å². The monoisotopic (exact) mass is 570 g/mol. The van der Waals surface area contributed by atoms with Gasteiger partial charge in [0.15, 0.2) is 5.13 Å². The summed E-state index contributed by atoms with van der Waals surface area (Å²) >= 11 is 1.28. The first-order valence-electron chi connectivity index (χ1n) is 13.4. The summed E-state index contributed by atoms with van der Waals surface area (Å²) in [5.41, 5.74) is 1.67. The number of aromatic nitrogens is 1. The van der Waals surface area contributed by atoms with Gasteiger partial charge in [0.1, 0.15) is 29.6 Å². The molecule has 210 valence electrons. The Morgan fingerprint density at radius 3 is 2.34 bits per heavy atom. The lowest BCUT2D eigenvalue weighted by molar-refractivity contribution is -0.132. The molecule has 8 nitrogen and oxygen atoms in total. The van der Waals surface area contributed by atoms with E-state index in [1.54, 1.807) is 54.6 Å². The summed E-state index contributed by atoms with van der Waals surface area (Å²) in [6.45, 7) is 9.01. The van der Waals surface area contributed by atoms with Gasteiger partial charge in [0.25, 0.3) is 5.78 Å². The van der Waals surface area contributed by atoms with E-state index < -0.39 is 17.7 Å². The normalized spacial score (nSPS) is 16.2. The van der Waals surface area contributed by atoms with Gasteiger partial charge in [0.2, 0.25) is 0 Å². The number of thiazole rings is 1. The van der Waals surface area contributed by atoms with Crippen LogP contribution in [0.25, 0.3) is 16.0 Å². The summed E-state index contributed by atoms with van der Waals surface area (Å²) < 4.78 is 17.7. The number of rotatable bonds is 11. The zero-order valence-corrected chi connectivity index (χ0v) is 23.6. The Kier molecular flexibility index (Phi) is 8.35. The molecule has 0 radical (unpaired) electrons. The van der Waals surface area contributed by atoms with E-state index >= 15 is 0 Å². The Morgan fingerprint density at radius 2 is 1.66 bits per heavy atom. The van der Waals surface area contributed by atoms with E-state index in [0.717, 1.165) is 11.1 Å². The van der Waals surface area contributed by atoms with Crippen LogP contribution < -0.4 is 19.1 Å². The molecule has 4 aromatic rings. The van der Waals surface area contributed by atoms with Crippen molar-refractivity contribution in [2.75, 3.05) is 24.7 Å². The number of hydrogen-bond donors (Lipinski definition) is 1. The third kappa shape index (κ3) is 5.67. The molecule has 0 aliphatic carbocycles. The second-order valence-electron chi connectivity index (χ2n) is 9.27. The summed E-state index contributed by atoms with van der Waals surface area (Å²) in [4.78, 5) is 33.2. The molecule has 1 amide bonds. The summed E-state index contributed by atoms with van der Waals surface area (Å²) in [5.74, 6) is 0.114. The number of carbonyl (C=O) groups is 2. The van der Waals surface area contributed by atoms with E-state index in [1.165, 1.54) is 16.2 Å². The van der Waals surface area contributed by atoms with Gasteiger partial charge in [-0.05, 0) is 73.5 Å². The standard InChI is InChI=1S/C32H30N2O6S/c1-4-17-39-22-11-7-20(8-12-22)28-27(29(35)21-9-13-23(14-10-21)40-18-5-2)30(36)31(37)34(28)32-33-25-16-15-24(38-6-3)19-26(25)41-32/h4,7-16,19,28,35H,1,5-6,17-18H2,2-3H3/b29-27+. The third-order valence-corrected chi connectivity index (χ3v) is 7.49. The number of nitrogens with zero attached hydrogens (tertiary/aromatic N) is 2. The van der Waals surface area contributed by atoms with Crippen LogP contribution in [0.2, 0.25) is 0 Å². The minimum Gasteiger partial charge on any atom is -0.507 e. The molecule has 1 unspecified atom stereocenters. The van der Waals surface area contributed by atoms with E-state index in [4.69, 9.17) is 14.2 Å². The molecule has 1 aliphatic rings. The molecule has 41 heavy (non-hydrogen) atoms. The molecule has 1 fully saturated rings. The van der Waals surface area contributed by atoms with Crippen molar-refractivity contribution in [2.24, 2.45) is 0 Å². The van der Waals surface area contributed by atoms with Crippen LogP contribution in [0.4, 0.5) is 5.13 Å². The first-order valence-corrected chi connectivity index (χ1v) is 14.2. The van der Waals surface area contributed by atoms with Crippen LogP contribution in [0.3, 0.4) is 0 Å². The first kappa shape index (κ1) is 27.9. The zero-order valence-electron chi connectivity index (χ0n) is 22.8. The largest absolute Gasteiger partial charge is 0.507 e. The number of benzene rings is 3. The van der Waals surface area contributed by atoms with E-state index in [0.29, 0.717) is 58.8 Å². The number of carbonyl (C=O) groups excluding carboxylic acids is 2. The van der Waals surface area contributed by atoms with Crippen LogP contribution in [0.5, 0.6) is 17.2 Å². The number of aliphatic hydroxyl groups excluding tert-OH is 1. The van der Waals surface area contributed by atoms with Gasteiger partial charge in [-0.3, -0.25) is 14.5 Å². The number of aliphatic hydroxyl groups is 1. The van der Waals surface area contributed by atoms with Crippen LogP contribution >= 0.6 is 11.3 Å². The topological polar surface area (TPSA) is 98.2 Å². The number of amides is 1. The number of anilines is 1. The number of fused-ring (bicyclic) bond motifs is 1. The number of Topliss-reactive ketones (excluding diaryl/α,β-unsaturated/α-hetero) is 1. The molecule has 2 heterocycles. The molecule has 0 spiro atoms. The van der Waals surface area contributed by atoms with Crippen molar-refractivity contribution in [1.29, 1.82) is 0 Å². The number of ether oxygens (including phenoxy) is 3. The summed E-state index contributed by atoms with van der Waals surface area (Å²) in [7, 11) is 0. The van der Waals surface area contributed by atoms with Crippen LogP contribution in [0.1, 0.15) is 37.4 Å². The number of ketones is 1. The van der Waals surface area contributed by atoms with Crippen LogP contribution in [0, 0.1) is 0 Å². The molecular weight excluding hydrogens is 540 g/mol. The molecular formula is C32H30N2O6S. The molecule has 1 N–H and O–H groups in total. The minimum absolute atomic E-state index is 0.0220. The molecule has 0 bridgehead atoms. The highest BCUT2D eigenvalue weighted by molar-refractivity contribution is 7.22. The molecule has 9 heteroatoms. The van der Waals surface area contributed by atoms with Crippen molar-refractivity contribution >= 4 is 44.1 Å². The zero-order chi connectivity index (χ0) is 28.9. The van der Waals surface area contributed by atoms with Gasteiger partial charge >= 0.3 is 5.91 Å². The van der Waals surface area contributed by atoms with Crippen LogP contribution in [-0.2, 0) is 9.59 Å². The Labute approximate surface area is 242 Å². The van der Waals surface area contributed by atoms with Gasteiger partial charge in [-0.1, -0.05) is 43.0 Å². The van der Waals surface area contributed by atoms with Crippen molar-refractivity contribution in [1.82, 2.24) is 4.98 Å². The van der Waals surface area contributed by atoms with E-state index in [2.05, 4.69) is 11.6 Å². The van der Waals surface area contributed by atoms with Gasteiger partial charge in [0, 0.05) is 5.56 Å². The maximum Gasteiger partial charge on any atom is 0.301 e. The lowest BCUT2D eigenvalue weighted by Crippen LogP contribution is -2.29. The van der Waals surface area contributed by atoms with Gasteiger partial charge < -0.3 is 19.3 Å². The predicted octanol–water partition coefficient (Wildman–Crippen LogP) is 6.67. The fraction of sp³-hybridized carbons (Fsp3) is 0.219. The van der Waals surface area contributed by atoms with E-state index in [-0.39, 0.29) is 11.3 Å². The average molecular weight is 571 g/mol. The van der Waals surface area contributed by atoms with Gasteiger partial charge in [-0.2, -0.15) is 0 Å². The SMILES string of the molecule is C=CCOc1ccc(C2/C(=C(\O)c3ccc(OCCC)cc3)C(=O)C(=O)N2c2nc3ccc(OCC)cc3s2)cc1. The molecule has 5 rings (SSSR count). The smallest absolute Gasteiger partial charge is 0.301 e. The van der Waals surface area contributed by atoms with Gasteiger partial charge in [0.05, 0.1) is 35.0 Å². The van der Waals surface area contributed by atoms with Crippen LogP contribution in [0.15, 0.2) is 85.0 Å². The fourth-order valence-corrected chi connectivity index (χ4v) is 5.60. The Bertz CT molecular complexity index is 1610. The molecule has 0 saturated carbocycles. The van der Waals surface area contributed by atoms with Crippen molar-refractivity contribution in [3.63, 3.8) is 0 Å². The molecule has 1 aliphatic heterocycles. The second-order valence-corrected chi connectivity index (χ2v) is 10.3. The van der Waals surface area contributed by atoms with Crippen molar-refractivity contribution in [3.05, 3.63) is 96.1 Å². The Hall–Kier alpha value is -4.63. The lowest BCUT2D eigenvalue weighted by atomic mass is 9.95. The highest BCUT2D eigenvalue weighted by atomic mass is 32.1. The van der Waals surface area contributed by atoms with E-state index in [9.17, 15) is 14.7 Å². The highest BCUT2D eigenvalue weighted by Gasteiger charge is 2.48. The van der Waals surface area contributed by atoms with Crippen LogP contribution in [-0.4, -0.2) is 41.6 Å². The first-order chi connectivity index (χ1) is 19.9. The Balaban J connectivity index is 1.61. The maximum absolute atomic E-state index is 13.6. The van der Waals surface area contributed by atoms with Crippen molar-refractivity contribution in [3.8, 4) is 17.2 Å². The summed E-state index contributed by atoms with van der Waals surface area (Å²) in [6, 6.07) is 18.4. The minimum atomic E-state index is -0.911. The van der Waals surface area contributed by atoms with Gasteiger partial charge in [-0.15, -0.1) is 0 Å². The van der Waals surface area contributed by atoms with E-state index in [1.807, 2.05) is 32.0 Å². The predicted molar refractivity (Wildman–Crippen MR) is 160 cm³/mol. The maximum atomic E-state index is 13.6. The molecule has 1 atom stereocenters. The molecule has 3 aromatic carbocycles. The van der Waals surface area contributed by atoms with Crippen molar-refractivity contribution < 1.29 is 28.9 Å². The molecule has 1 aromatic heterocycles. The summed E-state index contributed by atoms with van der Waals surface area (Å²) in [6.07, 6.45) is 2.51. The molecule has 1 saturated heterocycles. The lowest BCUT2D eigenvalue weighted by Gasteiger charge is -2.23. The van der Waals surface area contributed by atoms with Gasteiger partial charge in [-0.25, -0.2) is 4.98 Å². The average Bonchev–Trinajstić information content (AvgIpc) is 3.52. The quantitative estimate of drug-likeness (QED) is 0.0930. The fourth-order valence-electron chi connectivity index (χ4n) is 4.58. The second kappa shape index (κ2) is 12.3. The highest BCUT2D eigenvalue weighted by Crippen LogP contribution is 2.45. The summed E-state index contributed by atoms with van der Waals surface area (Å²) in [5, 5.41) is 11.8. The Morgan fingerprint density at radius 1 is 0.976 bits per heavy atom. The third-order valence-electron chi connectivity index (χ3n) is 6.47. The number of hydrogen-bond acceptors (Lipinski definition) is 8.